The molecule has 1 aliphatic rings. The van der Waals surface area contributed by atoms with E-state index in [2.05, 4.69) is 30.4 Å². The van der Waals surface area contributed by atoms with Crippen molar-refractivity contribution in [1.82, 2.24) is 14.5 Å². The predicted molar refractivity (Wildman–Crippen MR) is 104 cm³/mol. The number of aromatic nitrogens is 2. The summed E-state index contributed by atoms with van der Waals surface area (Å²) < 4.78 is 3.27. The highest BCUT2D eigenvalue weighted by molar-refractivity contribution is 9.10. The maximum Gasteiger partial charge on any atom is 0.251 e. The van der Waals surface area contributed by atoms with Gasteiger partial charge in [-0.25, -0.2) is 0 Å². The zero-order valence-electron chi connectivity index (χ0n) is 13.2. The third-order valence-corrected chi connectivity index (χ3v) is 6.26. The Labute approximate surface area is 158 Å². The summed E-state index contributed by atoms with van der Waals surface area (Å²) >= 11 is 11.1. The predicted octanol–water partition coefficient (Wildman–Crippen LogP) is 3.88. The van der Waals surface area contributed by atoms with Gasteiger partial charge in [0.05, 0.1) is 5.56 Å². The molecule has 130 valence electrons. The van der Waals surface area contributed by atoms with Gasteiger partial charge in [-0.2, -0.15) is 5.10 Å². The minimum absolute atomic E-state index is 0.426. The Bertz CT molecular complexity index is 730. The first-order valence-corrected chi connectivity index (χ1v) is 10.3. The molecule has 1 amide bonds. The molecule has 0 bridgehead atoms. The van der Waals surface area contributed by atoms with Crippen LogP contribution in [0.25, 0.3) is 10.9 Å². The van der Waals surface area contributed by atoms with Gasteiger partial charge in [-0.05, 0) is 31.4 Å². The number of carbonyl (C=O) groups excluding carboxylic acids is 1. The summed E-state index contributed by atoms with van der Waals surface area (Å²) in [5.41, 5.74) is 7.71. The Kier molecular flexibility index (Phi) is 6.07. The second-order valence-electron chi connectivity index (χ2n) is 5.93. The van der Waals surface area contributed by atoms with Crippen molar-refractivity contribution in [3.8, 4) is 0 Å². The highest BCUT2D eigenvalue weighted by atomic mass is 79.9. The van der Waals surface area contributed by atoms with Gasteiger partial charge in [-0.3, -0.25) is 14.2 Å². The molecule has 1 aliphatic heterocycles. The van der Waals surface area contributed by atoms with Crippen LogP contribution in [0.15, 0.2) is 16.6 Å². The molecule has 0 atom stereocenters. The van der Waals surface area contributed by atoms with E-state index in [1.165, 1.54) is 0 Å². The van der Waals surface area contributed by atoms with E-state index in [1.54, 1.807) is 6.07 Å². The largest absolute Gasteiger partial charge is 0.366 e. The van der Waals surface area contributed by atoms with E-state index in [-0.39, 0.29) is 0 Å². The number of piperidine rings is 1. The maximum atomic E-state index is 11.6. The third-order valence-electron chi connectivity index (χ3n) is 4.33. The summed E-state index contributed by atoms with van der Waals surface area (Å²) in [6.45, 7) is 2.10. The van der Waals surface area contributed by atoms with E-state index in [9.17, 15) is 4.79 Å². The normalized spacial score (nSPS) is 16.8. The van der Waals surface area contributed by atoms with E-state index in [1.807, 2.05) is 18.0 Å². The summed E-state index contributed by atoms with van der Waals surface area (Å²) in [5.74, 6) is 1.77. The molecular formula is C16H20BrClN4OS. The van der Waals surface area contributed by atoms with Crippen LogP contribution >= 0.6 is 39.5 Å². The number of halogens is 2. The van der Waals surface area contributed by atoms with Gasteiger partial charge < -0.3 is 5.73 Å². The molecule has 2 heterocycles. The van der Waals surface area contributed by atoms with Crippen molar-refractivity contribution in [3.63, 3.8) is 0 Å². The average molecular weight is 432 g/mol. The molecule has 1 aromatic carbocycles. The second kappa shape index (κ2) is 8.08. The number of nitrogens with two attached hydrogens (primary N) is 1. The summed E-state index contributed by atoms with van der Waals surface area (Å²) in [5, 5.41) is 8.50. The second-order valence-corrected chi connectivity index (χ2v) is 8.41. The van der Waals surface area contributed by atoms with Crippen LogP contribution in [-0.4, -0.2) is 45.1 Å². The smallest absolute Gasteiger partial charge is 0.251 e. The first-order chi connectivity index (χ1) is 11.6. The number of alkyl halides is 1. The Hall–Kier alpha value is -0.760. The first kappa shape index (κ1) is 18.0. The third kappa shape index (κ3) is 3.90. The number of aromatic amines is 1. The highest BCUT2D eigenvalue weighted by Crippen LogP contribution is 2.35. The van der Waals surface area contributed by atoms with Crippen molar-refractivity contribution in [2.75, 3.05) is 24.7 Å². The zero-order valence-corrected chi connectivity index (χ0v) is 16.4. The van der Waals surface area contributed by atoms with Gasteiger partial charge >= 0.3 is 0 Å². The number of nitrogens with one attached hydrogen (secondary N) is 1. The van der Waals surface area contributed by atoms with Gasteiger partial charge in [0.1, 0.15) is 5.52 Å². The molecule has 0 aliphatic carbocycles. The van der Waals surface area contributed by atoms with Crippen molar-refractivity contribution in [2.45, 2.75) is 25.2 Å². The van der Waals surface area contributed by atoms with Crippen molar-refractivity contribution >= 4 is 56.3 Å². The number of nitrogens with zero attached hydrogens (tertiary/aromatic N) is 2. The number of fused-ring (bicyclic) bond motifs is 1. The average Bonchev–Trinajstić information content (AvgIpc) is 2.98. The maximum absolute atomic E-state index is 11.6. The molecule has 0 radical (unpaired) electrons. The van der Waals surface area contributed by atoms with Gasteiger partial charge in [-0.15, -0.1) is 11.6 Å². The lowest BCUT2D eigenvalue weighted by Gasteiger charge is -2.30. The SMILES string of the molecule is NC(=O)c1cc(Br)cc2c(C3CCN(SCCCCl)CC3)[nH]nc12. The summed E-state index contributed by atoms with van der Waals surface area (Å²) in [7, 11) is 0. The van der Waals surface area contributed by atoms with Crippen LogP contribution in [-0.2, 0) is 0 Å². The molecular weight excluding hydrogens is 412 g/mol. The topological polar surface area (TPSA) is 75.0 Å². The van der Waals surface area contributed by atoms with Crippen molar-refractivity contribution in [2.24, 2.45) is 5.73 Å². The molecule has 24 heavy (non-hydrogen) atoms. The molecule has 1 saturated heterocycles. The number of hydrogen-bond acceptors (Lipinski definition) is 4. The van der Waals surface area contributed by atoms with Crippen LogP contribution in [0.4, 0.5) is 0 Å². The first-order valence-electron chi connectivity index (χ1n) is 8.01. The van der Waals surface area contributed by atoms with Gasteiger partial charge in [0, 0.05) is 46.2 Å². The molecule has 1 aromatic heterocycles. The van der Waals surface area contributed by atoms with E-state index in [0.717, 1.165) is 59.5 Å². The fourth-order valence-corrected chi connectivity index (χ4v) is 4.87. The Balaban J connectivity index is 1.76. The Morgan fingerprint density at radius 3 is 2.88 bits per heavy atom. The Morgan fingerprint density at radius 1 is 1.46 bits per heavy atom. The molecule has 3 N–H and O–H groups in total. The van der Waals surface area contributed by atoms with Gasteiger partial charge in [-0.1, -0.05) is 27.9 Å². The number of H-pyrrole nitrogens is 1. The van der Waals surface area contributed by atoms with Crippen LogP contribution in [0.5, 0.6) is 0 Å². The number of hydrogen-bond donors (Lipinski definition) is 2. The lowest BCUT2D eigenvalue weighted by atomic mass is 9.92. The van der Waals surface area contributed by atoms with E-state index < -0.39 is 5.91 Å². The number of primary amides is 1. The number of amides is 1. The van der Waals surface area contributed by atoms with Crippen LogP contribution in [0.1, 0.15) is 41.2 Å². The quantitative estimate of drug-likeness (QED) is 0.413. The van der Waals surface area contributed by atoms with Gasteiger partial charge in [0.2, 0.25) is 0 Å². The monoisotopic (exact) mass is 430 g/mol. The van der Waals surface area contributed by atoms with Crippen LogP contribution < -0.4 is 5.73 Å². The zero-order chi connectivity index (χ0) is 17.1. The molecule has 1 fully saturated rings. The molecule has 0 unspecified atom stereocenters. The number of benzene rings is 1. The molecule has 5 nitrogen and oxygen atoms in total. The Morgan fingerprint density at radius 2 is 2.21 bits per heavy atom. The lowest BCUT2D eigenvalue weighted by Crippen LogP contribution is -2.28. The summed E-state index contributed by atoms with van der Waals surface area (Å²) in [6.07, 6.45) is 3.19. The highest BCUT2D eigenvalue weighted by Gasteiger charge is 2.25. The van der Waals surface area contributed by atoms with E-state index in [4.69, 9.17) is 17.3 Å². The minimum atomic E-state index is -0.454. The minimum Gasteiger partial charge on any atom is -0.366 e. The standard InChI is InChI=1S/C16H20BrClN4OS/c17-11-8-12-14(20-21-15(12)13(9-11)16(19)23)10-2-5-22(6-3-10)24-7-1-4-18/h8-10H,1-7H2,(H2,19,23)(H,20,21). The molecule has 3 rings (SSSR count). The van der Waals surface area contributed by atoms with Crippen LogP contribution in [0.2, 0.25) is 0 Å². The summed E-state index contributed by atoms with van der Waals surface area (Å²) in [6, 6.07) is 3.74. The van der Waals surface area contributed by atoms with Crippen molar-refractivity contribution in [3.05, 3.63) is 27.9 Å². The number of carbonyl (C=O) groups is 1. The van der Waals surface area contributed by atoms with Crippen molar-refractivity contribution in [1.29, 1.82) is 0 Å². The van der Waals surface area contributed by atoms with Gasteiger partial charge in [0.15, 0.2) is 0 Å². The molecule has 2 aromatic rings. The molecule has 8 heteroatoms. The van der Waals surface area contributed by atoms with E-state index in [0.29, 0.717) is 17.0 Å². The van der Waals surface area contributed by atoms with Crippen LogP contribution in [0, 0.1) is 0 Å². The molecule has 0 saturated carbocycles. The van der Waals surface area contributed by atoms with E-state index >= 15 is 0 Å². The molecule has 0 spiro atoms. The van der Waals surface area contributed by atoms with Crippen LogP contribution in [0.3, 0.4) is 0 Å². The summed E-state index contributed by atoms with van der Waals surface area (Å²) in [4.78, 5) is 11.6. The fraction of sp³-hybridized carbons (Fsp3) is 0.500. The fourth-order valence-electron chi connectivity index (χ4n) is 3.12. The van der Waals surface area contributed by atoms with Gasteiger partial charge in [0.25, 0.3) is 5.91 Å². The van der Waals surface area contributed by atoms with Crippen molar-refractivity contribution < 1.29 is 4.79 Å². The lowest BCUT2D eigenvalue weighted by molar-refractivity contribution is 0.100. The number of rotatable bonds is 6.